The van der Waals surface area contributed by atoms with Crippen molar-refractivity contribution in [2.24, 2.45) is 11.7 Å². The molecule has 2 aromatic rings. The standard InChI is InChI=1S/C19H23N3O3/c1-11(2)10-16-21-12(3)17(25-16)19(24)22-9-5-7-13-14(18(20)23)6-4-8-15(13)22/h4,6,8,11H,5,7,9-10H2,1-3H3,(H2,20,23). The van der Waals surface area contributed by atoms with Gasteiger partial charge in [-0.1, -0.05) is 19.9 Å². The molecule has 6 nitrogen and oxygen atoms in total. The largest absolute Gasteiger partial charge is 0.435 e. The van der Waals surface area contributed by atoms with E-state index in [2.05, 4.69) is 18.8 Å². The summed E-state index contributed by atoms with van der Waals surface area (Å²) in [6.07, 6.45) is 2.19. The summed E-state index contributed by atoms with van der Waals surface area (Å²) in [5, 5.41) is 0. The molecule has 0 fully saturated rings. The number of oxazole rings is 1. The number of hydrogen-bond donors (Lipinski definition) is 1. The number of carbonyl (C=O) groups is 2. The zero-order chi connectivity index (χ0) is 18.1. The van der Waals surface area contributed by atoms with Gasteiger partial charge in [0.2, 0.25) is 11.7 Å². The first-order valence-electron chi connectivity index (χ1n) is 8.58. The lowest BCUT2D eigenvalue weighted by Crippen LogP contribution is -2.36. The Hall–Kier alpha value is -2.63. The van der Waals surface area contributed by atoms with Crippen LogP contribution in [0, 0.1) is 12.8 Å². The summed E-state index contributed by atoms with van der Waals surface area (Å²) < 4.78 is 5.74. The van der Waals surface area contributed by atoms with Crippen molar-refractivity contribution in [3.8, 4) is 0 Å². The van der Waals surface area contributed by atoms with Crippen molar-refractivity contribution < 1.29 is 14.0 Å². The van der Waals surface area contributed by atoms with Gasteiger partial charge in [0, 0.05) is 24.2 Å². The zero-order valence-electron chi connectivity index (χ0n) is 14.8. The minimum atomic E-state index is -0.471. The first-order valence-corrected chi connectivity index (χ1v) is 8.58. The van der Waals surface area contributed by atoms with Gasteiger partial charge in [0.25, 0.3) is 5.91 Å². The second kappa shape index (κ2) is 6.70. The van der Waals surface area contributed by atoms with E-state index in [1.54, 1.807) is 24.0 Å². The molecule has 2 amide bonds. The van der Waals surface area contributed by atoms with Crippen molar-refractivity contribution in [1.29, 1.82) is 0 Å². The Morgan fingerprint density at radius 1 is 1.36 bits per heavy atom. The normalized spacial score (nSPS) is 13.8. The lowest BCUT2D eigenvalue weighted by Gasteiger charge is -2.29. The molecule has 1 aliphatic rings. The van der Waals surface area contributed by atoms with Gasteiger partial charge >= 0.3 is 0 Å². The summed E-state index contributed by atoms with van der Waals surface area (Å²) in [7, 11) is 0. The van der Waals surface area contributed by atoms with Gasteiger partial charge < -0.3 is 15.1 Å². The molecule has 6 heteroatoms. The highest BCUT2D eigenvalue weighted by molar-refractivity contribution is 6.07. The molecule has 1 aromatic heterocycles. The molecule has 0 radical (unpaired) electrons. The van der Waals surface area contributed by atoms with Crippen LogP contribution in [-0.4, -0.2) is 23.3 Å². The molecule has 1 aromatic carbocycles. The van der Waals surface area contributed by atoms with Gasteiger partial charge in [0.05, 0.1) is 5.69 Å². The average Bonchev–Trinajstić information content (AvgIpc) is 2.92. The number of benzene rings is 1. The third kappa shape index (κ3) is 3.29. The molecular weight excluding hydrogens is 318 g/mol. The van der Waals surface area contributed by atoms with E-state index in [1.165, 1.54) is 0 Å². The Kier molecular flexibility index (Phi) is 4.61. The number of aryl methyl sites for hydroxylation is 1. The van der Waals surface area contributed by atoms with E-state index in [0.29, 0.717) is 36.0 Å². The monoisotopic (exact) mass is 341 g/mol. The number of primary amides is 1. The number of nitrogens with two attached hydrogens (primary N) is 1. The number of carbonyl (C=O) groups excluding carboxylic acids is 2. The molecule has 0 aliphatic carbocycles. The van der Waals surface area contributed by atoms with Gasteiger partial charge in [-0.05, 0) is 43.4 Å². The lowest BCUT2D eigenvalue weighted by atomic mass is 9.95. The van der Waals surface area contributed by atoms with Gasteiger partial charge in [-0.2, -0.15) is 0 Å². The summed E-state index contributed by atoms with van der Waals surface area (Å²) in [6.45, 7) is 6.51. The van der Waals surface area contributed by atoms with Crippen molar-refractivity contribution in [3.63, 3.8) is 0 Å². The molecule has 0 unspecified atom stereocenters. The highest BCUT2D eigenvalue weighted by Gasteiger charge is 2.29. The van der Waals surface area contributed by atoms with E-state index >= 15 is 0 Å². The number of rotatable bonds is 4. The Morgan fingerprint density at radius 2 is 2.12 bits per heavy atom. The van der Waals surface area contributed by atoms with Crippen LogP contribution < -0.4 is 10.6 Å². The summed E-state index contributed by atoms with van der Waals surface area (Å²) in [5.74, 6) is 0.561. The summed E-state index contributed by atoms with van der Waals surface area (Å²) in [5.41, 5.74) is 8.10. The van der Waals surface area contributed by atoms with Crippen LogP contribution in [0.3, 0.4) is 0 Å². The number of hydrogen-bond acceptors (Lipinski definition) is 4. The fourth-order valence-electron chi connectivity index (χ4n) is 3.28. The second-order valence-electron chi connectivity index (χ2n) is 6.85. The van der Waals surface area contributed by atoms with Crippen LogP contribution in [0.5, 0.6) is 0 Å². The summed E-state index contributed by atoms with van der Waals surface area (Å²) in [6, 6.07) is 5.30. The molecule has 0 atom stereocenters. The summed E-state index contributed by atoms with van der Waals surface area (Å²) >= 11 is 0. The van der Waals surface area contributed by atoms with Crippen LogP contribution in [-0.2, 0) is 12.8 Å². The van der Waals surface area contributed by atoms with E-state index < -0.39 is 5.91 Å². The fraction of sp³-hybridized carbons (Fsp3) is 0.421. The molecule has 1 aliphatic heterocycles. The van der Waals surface area contributed by atoms with E-state index in [0.717, 1.165) is 24.1 Å². The van der Waals surface area contributed by atoms with E-state index in [9.17, 15) is 9.59 Å². The van der Waals surface area contributed by atoms with Crippen LogP contribution >= 0.6 is 0 Å². The summed E-state index contributed by atoms with van der Waals surface area (Å²) in [4.78, 5) is 30.8. The number of amides is 2. The van der Waals surface area contributed by atoms with Gasteiger partial charge in [-0.3, -0.25) is 9.59 Å². The molecule has 0 bridgehead atoms. The van der Waals surface area contributed by atoms with E-state index in [-0.39, 0.29) is 11.7 Å². The SMILES string of the molecule is Cc1nc(CC(C)C)oc1C(=O)N1CCCc2c(C(N)=O)cccc21. The van der Waals surface area contributed by atoms with Crippen molar-refractivity contribution in [2.45, 2.75) is 40.0 Å². The Morgan fingerprint density at radius 3 is 2.80 bits per heavy atom. The molecule has 0 spiro atoms. The molecule has 2 N–H and O–H groups in total. The Labute approximate surface area is 147 Å². The van der Waals surface area contributed by atoms with Crippen LogP contribution in [0.25, 0.3) is 0 Å². The molecule has 3 rings (SSSR count). The number of nitrogens with zero attached hydrogens (tertiary/aromatic N) is 2. The van der Waals surface area contributed by atoms with Crippen LogP contribution in [0.2, 0.25) is 0 Å². The second-order valence-corrected chi connectivity index (χ2v) is 6.85. The third-order valence-electron chi connectivity index (χ3n) is 4.38. The highest BCUT2D eigenvalue weighted by atomic mass is 16.4. The van der Waals surface area contributed by atoms with Crippen molar-refractivity contribution in [3.05, 3.63) is 46.7 Å². The smallest absolute Gasteiger partial charge is 0.295 e. The number of fused-ring (bicyclic) bond motifs is 1. The number of anilines is 1. The maximum atomic E-state index is 13.0. The minimum Gasteiger partial charge on any atom is -0.435 e. The first-order chi connectivity index (χ1) is 11.9. The molecule has 2 heterocycles. The van der Waals surface area contributed by atoms with E-state index in [4.69, 9.17) is 10.2 Å². The molecular formula is C19H23N3O3. The van der Waals surface area contributed by atoms with Gasteiger partial charge in [0.1, 0.15) is 0 Å². The maximum absolute atomic E-state index is 13.0. The van der Waals surface area contributed by atoms with Crippen LogP contribution in [0.15, 0.2) is 22.6 Å². The fourth-order valence-corrected chi connectivity index (χ4v) is 3.28. The first kappa shape index (κ1) is 17.2. The zero-order valence-corrected chi connectivity index (χ0v) is 14.8. The predicted molar refractivity (Wildman–Crippen MR) is 94.7 cm³/mol. The van der Waals surface area contributed by atoms with Crippen molar-refractivity contribution in [1.82, 2.24) is 4.98 Å². The van der Waals surface area contributed by atoms with Crippen molar-refractivity contribution >= 4 is 17.5 Å². The molecule has 25 heavy (non-hydrogen) atoms. The van der Waals surface area contributed by atoms with Crippen LogP contribution in [0.1, 0.15) is 58.3 Å². The number of aromatic nitrogens is 1. The Balaban J connectivity index is 1.97. The van der Waals surface area contributed by atoms with Gasteiger partial charge in [-0.15, -0.1) is 0 Å². The maximum Gasteiger partial charge on any atom is 0.295 e. The van der Waals surface area contributed by atoms with Crippen LogP contribution in [0.4, 0.5) is 5.69 Å². The minimum absolute atomic E-state index is 0.220. The quantitative estimate of drug-likeness (QED) is 0.926. The molecule has 0 saturated heterocycles. The highest BCUT2D eigenvalue weighted by Crippen LogP contribution is 2.31. The molecule has 0 saturated carbocycles. The van der Waals surface area contributed by atoms with Gasteiger partial charge in [-0.25, -0.2) is 4.98 Å². The van der Waals surface area contributed by atoms with Gasteiger partial charge in [0.15, 0.2) is 5.89 Å². The Bertz CT molecular complexity index is 823. The third-order valence-corrected chi connectivity index (χ3v) is 4.38. The predicted octanol–water partition coefficient (Wildman–Crippen LogP) is 2.87. The average molecular weight is 341 g/mol. The topological polar surface area (TPSA) is 89.4 Å². The van der Waals surface area contributed by atoms with Crippen molar-refractivity contribution in [2.75, 3.05) is 11.4 Å². The van der Waals surface area contributed by atoms with E-state index in [1.807, 2.05) is 6.07 Å². The molecule has 132 valence electrons. The lowest BCUT2D eigenvalue weighted by molar-refractivity contribution is 0.0952.